The lowest BCUT2D eigenvalue weighted by molar-refractivity contribution is -0.131. The van der Waals surface area contributed by atoms with Gasteiger partial charge < -0.3 is 10.2 Å². The van der Waals surface area contributed by atoms with Gasteiger partial charge >= 0.3 is 0 Å². The number of rotatable bonds is 5. The Morgan fingerprint density at radius 3 is 2.78 bits per heavy atom. The van der Waals surface area contributed by atoms with E-state index in [4.69, 9.17) is 0 Å². The largest absolute Gasteiger partial charge is 0.338 e. The number of nitrogens with zero attached hydrogens (tertiary/aromatic N) is 3. The Kier molecular flexibility index (Phi) is 6.19. The number of likely N-dealkylation sites (N-methyl/N-ethyl adjacent to an activating group) is 1. The second-order valence-corrected chi connectivity index (χ2v) is 5.73. The van der Waals surface area contributed by atoms with E-state index in [0.29, 0.717) is 12.5 Å². The summed E-state index contributed by atoms with van der Waals surface area (Å²) in [6.45, 7) is 1.76. The number of likely N-dealkylation sites (tertiary alicyclic amines) is 1. The molecule has 6 heteroatoms. The van der Waals surface area contributed by atoms with Crippen LogP contribution in [0.5, 0.6) is 0 Å². The van der Waals surface area contributed by atoms with Gasteiger partial charge in [0.25, 0.3) is 0 Å². The molecule has 2 heterocycles. The Balaban J connectivity index is 0.00000192. The molecule has 0 bridgehead atoms. The van der Waals surface area contributed by atoms with Crippen molar-refractivity contribution in [1.82, 2.24) is 20.0 Å². The van der Waals surface area contributed by atoms with E-state index in [1.54, 1.807) is 6.20 Å². The van der Waals surface area contributed by atoms with Crippen LogP contribution in [0.15, 0.2) is 42.7 Å². The highest BCUT2D eigenvalue weighted by Gasteiger charge is 2.27. The summed E-state index contributed by atoms with van der Waals surface area (Å²) in [5.74, 6) is 0.226. The molecule has 1 aromatic heterocycles. The Morgan fingerprint density at radius 1 is 1.35 bits per heavy atom. The molecule has 5 nitrogen and oxygen atoms in total. The summed E-state index contributed by atoms with van der Waals surface area (Å²) in [5, 5.41) is 7.38. The molecule has 0 saturated carbocycles. The molecule has 1 fully saturated rings. The zero-order chi connectivity index (χ0) is 15.4. The summed E-state index contributed by atoms with van der Waals surface area (Å²) < 4.78 is 1.81. The maximum absolute atomic E-state index is 12.5. The molecule has 0 aliphatic carbocycles. The number of benzene rings is 1. The number of hydrogen-bond acceptors (Lipinski definition) is 3. The monoisotopic (exact) mass is 334 g/mol. The number of carbonyl (C=O) groups excluding carboxylic acids is 1. The van der Waals surface area contributed by atoms with Gasteiger partial charge in [-0.05, 0) is 43.7 Å². The van der Waals surface area contributed by atoms with E-state index in [0.717, 1.165) is 37.2 Å². The SMILES string of the molecule is CNCC1CCCN1C(=O)Cc1ccc(-n2cccn2)cc1.Cl. The van der Waals surface area contributed by atoms with E-state index in [1.807, 2.05) is 53.2 Å². The lowest BCUT2D eigenvalue weighted by Gasteiger charge is -2.24. The van der Waals surface area contributed by atoms with Gasteiger partial charge in [-0.2, -0.15) is 5.10 Å². The number of hydrogen-bond donors (Lipinski definition) is 1. The fourth-order valence-corrected chi connectivity index (χ4v) is 3.08. The first-order valence-electron chi connectivity index (χ1n) is 7.81. The summed E-state index contributed by atoms with van der Waals surface area (Å²) in [4.78, 5) is 14.5. The highest BCUT2D eigenvalue weighted by Crippen LogP contribution is 2.18. The van der Waals surface area contributed by atoms with Crippen molar-refractivity contribution in [2.45, 2.75) is 25.3 Å². The van der Waals surface area contributed by atoms with Crippen LogP contribution in [0.1, 0.15) is 18.4 Å². The first-order valence-corrected chi connectivity index (χ1v) is 7.81. The van der Waals surface area contributed by atoms with Gasteiger partial charge in [0.15, 0.2) is 0 Å². The molecular weight excluding hydrogens is 312 g/mol. The quantitative estimate of drug-likeness (QED) is 0.910. The van der Waals surface area contributed by atoms with Crippen molar-refractivity contribution in [3.63, 3.8) is 0 Å². The van der Waals surface area contributed by atoms with Crippen molar-refractivity contribution in [2.24, 2.45) is 0 Å². The van der Waals surface area contributed by atoms with Gasteiger partial charge in [-0.1, -0.05) is 12.1 Å². The number of amides is 1. The molecule has 1 atom stereocenters. The molecule has 124 valence electrons. The smallest absolute Gasteiger partial charge is 0.227 e. The molecule has 23 heavy (non-hydrogen) atoms. The summed E-state index contributed by atoms with van der Waals surface area (Å²) in [6, 6.07) is 10.3. The van der Waals surface area contributed by atoms with Crippen molar-refractivity contribution in [3.8, 4) is 5.69 Å². The minimum absolute atomic E-state index is 0. The lowest BCUT2D eigenvalue weighted by Crippen LogP contribution is -2.41. The number of aromatic nitrogens is 2. The zero-order valence-electron chi connectivity index (χ0n) is 13.3. The van der Waals surface area contributed by atoms with E-state index >= 15 is 0 Å². The average Bonchev–Trinajstić information content (AvgIpc) is 3.19. The summed E-state index contributed by atoms with van der Waals surface area (Å²) in [7, 11) is 1.94. The fraction of sp³-hybridized carbons (Fsp3) is 0.412. The standard InChI is InChI=1S/C17H22N4O.ClH/c1-18-13-16-4-2-10-20(16)17(22)12-14-5-7-15(8-6-14)21-11-3-9-19-21;/h3,5-9,11,16,18H,2,4,10,12-13H2,1H3;1H. The topological polar surface area (TPSA) is 50.2 Å². The molecule has 2 aromatic rings. The van der Waals surface area contributed by atoms with Crippen LogP contribution in [-0.2, 0) is 11.2 Å². The van der Waals surface area contributed by atoms with Gasteiger partial charge in [0.2, 0.25) is 5.91 Å². The molecule has 0 spiro atoms. The Bertz CT molecular complexity index is 612. The molecule has 0 radical (unpaired) electrons. The van der Waals surface area contributed by atoms with Crippen LogP contribution in [0.4, 0.5) is 0 Å². The highest BCUT2D eigenvalue weighted by molar-refractivity contribution is 5.85. The molecule has 3 rings (SSSR count). The first-order chi connectivity index (χ1) is 10.8. The summed E-state index contributed by atoms with van der Waals surface area (Å²) >= 11 is 0. The highest BCUT2D eigenvalue weighted by atomic mass is 35.5. The van der Waals surface area contributed by atoms with Gasteiger partial charge in [0.1, 0.15) is 0 Å². The van der Waals surface area contributed by atoms with Crippen molar-refractivity contribution < 1.29 is 4.79 Å². The van der Waals surface area contributed by atoms with Crippen LogP contribution < -0.4 is 5.32 Å². The van der Waals surface area contributed by atoms with E-state index < -0.39 is 0 Å². The molecular formula is C17H23ClN4O. The van der Waals surface area contributed by atoms with Crippen molar-refractivity contribution in [2.75, 3.05) is 20.1 Å². The van der Waals surface area contributed by atoms with E-state index in [2.05, 4.69) is 10.4 Å². The van der Waals surface area contributed by atoms with Crippen molar-refractivity contribution in [3.05, 3.63) is 48.3 Å². The zero-order valence-corrected chi connectivity index (χ0v) is 14.1. The Hall–Kier alpha value is -1.85. The van der Waals surface area contributed by atoms with E-state index in [-0.39, 0.29) is 18.3 Å². The van der Waals surface area contributed by atoms with Crippen LogP contribution in [0.25, 0.3) is 5.69 Å². The van der Waals surface area contributed by atoms with Crippen LogP contribution >= 0.6 is 12.4 Å². The molecule has 1 saturated heterocycles. The second kappa shape index (κ2) is 8.13. The lowest BCUT2D eigenvalue weighted by atomic mass is 10.1. The fourth-order valence-electron chi connectivity index (χ4n) is 3.08. The molecule has 1 amide bonds. The van der Waals surface area contributed by atoms with Crippen molar-refractivity contribution >= 4 is 18.3 Å². The molecule has 1 unspecified atom stereocenters. The number of nitrogens with one attached hydrogen (secondary N) is 1. The van der Waals surface area contributed by atoms with Gasteiger partial charge in [0.05, 0.1) is 12.1 Å². The van der Waals surface area contributed by atoms with Crippen LogP contribution in [0, 0.1) is 0 Å². The maximum atomic E-state index is 12.5. The third-order valence-corrected chi connectivity index (χ3v) is 4.20. The van der Waals surface area contributed by atoms with Crippen LogP contribution in [0.2, 0.25) is 0 Å². The Labute approximate surface area is 143 Å². The summed E-state index contributed by atoms with van der Waals surface area (Å²) in [5.41, 5.74) is 2.06. The first kappa shape index (κ1) is 17.5. The van der Waals surface area contributed by atoms with Gasteiger partial charge in [-0.3, -0.25) is 4.79 Å². The average molecular weight is 335 g/mol. The normalized spacial score (nSPS) is 17.1. The third kappa shape index (κ3) is 4.12. The molecule has 1 N–H and O–H groups in total. The van der Waals surface area contributed by atoms with Crippen LogP contribution in [-0.4, -0.2) is 46.8 Å². The minimum atomic E-state index is 0. The molecule has 1 aromatic carbocycles. The van der Waals surface area contributed by atoms with Crippen LogP contribution in [0.3, 0.4) is 0 Å². The Morgan fingerprint density at radius 2 is 2.13 bits per heavy atom. The predicted molar refractivity (Wildman–Crippen MR) is 93.2 cm³/mol. The van der Waals surface area contributed by atoms with E-state index in [9.17, 15) is 4.79 Å². The number of carbonyl (C=O) groups is 1. The maximum Gasteiger partial charge on any atom is 0.227 e. The second-order valence-electron chi connectivity index (χ2n) is 5.73. The minimum Gasteiger partial charge on any atom is -0.338 e. The third-order valence-electron chi connectivity index (χ3n) is 4.20. The molecule has 1 aliphatic heterocycles. The number of halogens is 1. The van der Waals surface area contributed by atoms with Gasteiger partial charge in [-0.15, -0.1) is 12.4 Å². The van der Waals surface area contributed by atoms with E-state index in [1.165, 1.54) is 0 Å². The molecule has 1 aliphatic rings. The predicted octanol–water partition coefficient (Wildman–Crippen LogP) is 2.05. The van der Waals surface area contributed by atoms with Gasteiger partial charge in [-0.25, -0.2) is 4.68 Å². The van der Waals surface area contributed by atoms with Gasteiger partial charge in [0, 0.05) is 31.5 Å². The van der Waals surface area contributed by atoms with Crippen molar-refractivity contribution in [1.29, 1.82) is 0 Å². The summed E-state index contributed by atoms with van der Waals surface area (Å²) in [6.07, 6.45) is 6.35.